The molecule has 0 aliphatic heterocycles. The van der Waals surface area contributed by atoms with Crippen LogP contribution in [0.5, 0.6) is 0 Å². The first kappa shape index (κ1) is 12.7. The maximum Gasteiger partial charge on any atom is 0.152 e. The molecule has 1 aromatic carbocycles. The summed E-state index contributed by atoms with van der Waals surface area (Å²) in [6.45, 7) is 0. The van der Waals surface area contributed by atoms with Gasteiger partial charge in [-0.15, -0.1) is 23.2 Å². The van der Waals surface area contributed by atoms with E-state index in [4.69, 9.17) is 34.8 Å². The lowest BCUT2D eigenvalue weighted by molar-refractivity contribution is 0.151. The van der Waals surface area contributed by atoms with Crippen molar-refractivity contribution in [1.29, 1.82) is 0 Å². The van der Waals surface area contributed by atoms with E-state index in [1.807, 2.05) is 12.1 Å². The molecule has 0 bridgehead atoms. The molecule has 1 nitrogen and oxygen atoms in total. The van der Waals surface area contributed by atoms with E-state index in [-0.39, 0.29) is 11.8 Å². The summed E-state index contributed by atoms with van der Waals surface area (Å²) in [5.41, 5.74) is -0.713. The lowest BCUT2D eigenvalue weighted by atomic mass is 10.1. The SMILES string of the molecule is OC(C#Cc1ccccc1Cl)(CCl)CCl. The lowest BCUT2D eigenvalue weighted by Crippen LogP contribution is -2.30. The Kier molecular flexibility index (Phi) is 4.76. The standard InChI is InChI=1S/C11H9Cl3O/c12-7-11(15,8-13)6-5-9-3-1-2-4-10(9)14/h1-4,15H,7-8H2. The third-order valence-corrected chi connectivity index (χ3v) is 2.96. The molecule has 0 radical (unpaired) electrons. The Hall–Kier alpha value is -0.390. The van der Waals surface area contributed by atoms with Crippen LogP contribution in [0.2, 0.25) is 5.02 Å². The van der Waals surface area contributed by atoms with Crippen molar-refractivity contribution in [2.45, 2.75) is 5.60 Å². The highest BCUT2D eigenvalue weighted by Gasteiger charge is 2.21. The quantitative estimate of drug-likeness (QED) is 0.642. The summed E-state index contributed by atoms with van der Waals surface area (Å²) >= 11 is 17.0. The topological polar surface area (TPSA) is 20.2 Å². The van der Waals surface area contributed by atoms with Gasteiger partial charge in [-0.25, -0.2) is 0 Å². The molecule has 15 heavy (non-hydrogen) atoms. The van der Waals surface area contributed by atoms with Crippen LogP contribution in [-0.2, 0) is 0 Å². The lowest BCUT2D eigenvalue weighted by Gasteiger charge is -2.14. The predicted molar refractivity (Wildman–Crippen MR) is 64.7 cm³/mol. The highest BCUT2D eigenvalue weighted by molar-refractivity contribution is 6.31. The van der Waals surface area contributed by atoms with E-state index in [1.54, 1.807) is 12.1 Å². The molecule has 0 unspecified atom stereocenters. The maximum atomic E-state index is 9.70. The Morgan fingerprint density at radius 3 is 2.33 bits per heavy atom. The van der Waals surface area contributed by atoms with Crippen LogP contribution < -0.4 is 0 Å². The van der Waals surface area contributed by atoms with Crippen molar-refractivity contribution in [2.24, 2.45) is 0 Å². The summed E-state index contributed by atoms with van der Waals surface area (Å²) in [7, 11) is 0. The highest BCUT2D eigenvalue weighted by atomic mass is 35.5. The third-order valence-electron chi connectivity index (χ3n) is 1.75. The van der Waals surface area contributed by atoms with Crippen molar-refractivity contribution in [3.8, 4) is 11.8 Å². The van der Waals surface area contributed by atoms with Gasteiger partial charge in [-0.2, -0.15) is 0 Å². The van der Waals surface area contributed by atoms with Crippen molar-refractivity contribution >= 4 is 34.8 Å². The zero-order valence-electron chi connectivity index (χ0n) is 7.80. The Morgan fingerprint density at radius 1 is 1.20 bits per heavy atom. The molecule has 0 fully saturated rings. The molecule has 80 valence electrons. The summed E-state index contributed by atoms with van der Waals surface area (Å²) in [5, 5.41) is 10.2. The zero-order chi connectivity index (χ0) is 11.3. The van der Waals surface area contributed by atoms with Crippen LogP contribution in [0.1, 0.15) is 5.56 Å². The molecule has 0 spiro atoms. The van der Waals surface area contributed by atoms with Gasteiger partial charge in [-0.3, -0.25) is 0 Å². The van der Waals surface area contributed by atoms with Gasteiger partial charge in [0.25, 0.3) is 0 Å². The molecule has 0 heterocycles. The Labute approximate surface area is 104 Å². The molecular formula is C11H9Cl3O. The summed E-state index contributed by atoms with van der Waals surface area (Å²) < 4.78 is 0. The number of aliphatic hydroxyl groups is 1. The number of hydrogen-bond acceptors (Lipinski definition) is 1. The van der Waals surface area contributed by atoms with Gasteiger partial charge in [-0.1, -0.05) is 35.6 Å². The summed E-state index contributed by atoms with van der Waals surface area (Å²) in [4.78, 5) is 0. The molecule has 0 saturated carbocycles. The van der Waals surface area contributed by atoms with E-state index >= 15 is 0 Å². The van der Waals surface area contributed by atoms with E-state index in [2.05, 4.69) is 11.8 Å². The normalized spacial score (nSPS) is 10.7. The maximum absolute atomic E-state index is 9.70. The van der Waals surface area contributed by atoms with E-state index in [1.165, 1.54) is 0 Å². The fourth-order valence-corrected chi connectivity index (χ4v) is 1.45. The molecule has 1 rings (SSSR count). The van der Waals surface area contributed by atoms with Crippen LogP contribution in [0.15, 0.2) is 24.3 Å². The molecular weight excluding hydrogens is 254 g/mol. The average molecular weight is 264 g/mol. The van der Waals surface area contributed by atoms with Gasteiger partial charge in [0.2, 0.25) is 0 Å². The minimum atomic E-state index is -1.36. The van der Waals surface area contributed by atoms with Gasteiger partial charge in [0.1, 0.15) is 0 Å². The second-order valence-electron chi connectivity index (χ2n) is 3.03. The largest absolute Gasteiger partial charge is 0.375 e. The average Bonchev–Trinajstić information content (AvgIpc) is 2.28. The fourth-order valence-electron chi connectivity index (χ4n) is 0.849. The Bertz CT molecular complexity index is 388. The summed E-state index contributed by atoms with van der Waals surface area (Å²) in [6.07, 6.45) is 0. The van der Waals surface area contributed by atoms with Gasteiger partial charge in [0.05, 0.1) is 16.8 Å². The molecule has 0 saturated heterocycles. The van der Waals surface area contributed by atoms with Crippen LogP contribution in [0.25, 0.3) is 0 Å². The second kappa shape index (κ2) is 5.63. The van der Waals surface area contributed by atoms with Gasteiger partial charge in [-0.05, 0) is 12.1 Å². The molecule has 0 aliphatic carbocycles. The first-order valence-electron chi connectivity index (χ1n) is 4.23. The second-order valence-corrected chi connectivity index (χ2v) is 3.97. The van der Waals surface area contributed by atoms with Crippen LogP contribution >= 0.6 is 34.8 Å². The first-order chi connectivity index (χ1) is 7.11. The van der Waals surface area contributed by atoms with E-state index < -0.39 is 5.60 Å². The van der Waals surface area contributed by atoms with Crippen LogP contribution in [-0.4, -0.2) is 22.5 Å². The number of hydrogen-bond donors (Lipinski definition) is 1. The number of alkyl halides is 2. The first-order valence-corrected chi connectivity index (χ1v) is 5.68. The highest BCUT2D eigenvalue weighted by Crippen LogP contribution is 2.14. The minimum Gasteiger partial charge on any atom is -0.375 e. The van der Waals surface area contributed by atoms with Crippen molar-refractivity contribution in [2.75, 3.05) is 11.8 Å². The van der Waals surface area contributed by atoms with Crippen molar-refractivity contribution in [3.05, 3.63) is 34.9 Å². The minimum absolute atomic E-state index is 0.0338. The molecule has 1 aromatic rings. The smallest absolute Gasteiger partial charge is 0.152 e. The van der Waals surface area contributed by atoms with E-state index in [0.29, 0.717) is 10.6 Å². The van der Waals surface area contributed by atoms with Crippen LogP contribution in [0, 0.1) is 11.8 Å². The van der Waals surface area contributed by atoms with Gasteiger partial charge < -0.3 is 5.11 Å². The fraction of sp³-hybridized carbons (Fsp3) is 0.273. The molecule has 0 atom stereocenters. The predicted octanol–water partition coefficient (Wildman–Crippen LogP) is 2.90. The number of benzene rings is 1. The summed E-state index contributed by atoms with van der Waals surface area (Å²) in [5.74, 6) is 5.30. The van der Waals surface area contributed by atoms with Crippen molar-refractivity contribution < 1.29 is 5.11 Å². The Morgan fingerprint density at radius 2 is 1.80 bits per heavy atom. The molecule has 0 aliphatic rings. The molecule has 1 N–H and O–H groups in total. The van der Waals surface area contributed by atoms with Gasteiger partial charge in [0.15, 0.2) is 5.60 Å². The molecule has 4 heteroatoms. The van der Waals surface area contributed by atoms with Crippen LogP contribution in [0.4, 0.5) is 0 Å². The summed E-state index contributed by atoms with van der Waals surface area (Å²) in [6, 6.07) is 7.11. The third kappa shape index (κ3) is 3.59. The van der Waals surface area contributed by atoms with E-state index in [9.17, 15) is 5.11 Å². The van der Waals surface area contributed by atoms with Crippen molar-refractivity contribution in [1.82, 2.24) is 0 Å². The van der Waals surface area contributed by atoms with Gasteiger partial charge >= 0.3 is 0 Å². The van der Waals surface area contributed by atoms with Gasteiger partial charge in [0, 0.05) is 5.56 Å². The van der Waals surface area contributed by atoms with Crippen LogP contribution in [0.3, 0.4) is 0 Å². The Balaban J connectivity index is 2.95. The molecule has 0 amide bonds. The number of rotatable bonds is 2. The number of halogens is 3. The monoisotopic (exact) mass is 262 g/mol. The molecule has 0 aromatic heterocycles. The van der Waals surface area contributed by atoms with Crippen molar-refractivity contribution in [3.63, 3.8) is 0 Å². The zero-order valence-corrected chi connectivity index (χ0v) is 10.1. The van der Waals surface area contributed by atoms with E-state index in [0.717, 1.165) is 0 Å².